The van der Waals surface area contributed by atoms with Crippen molar-refractivity contribution in [2.75, 3.05) is 6.61 Å². The summed E-state index contributed by atoms with van der Waals surface area (Å²) in [5, 5.41) is 3.06. The van der Waals surface area contributed by atoms with Gasteiger partial charge in [0.25, 0.3) is 0 Å². The molecule has 1 N–H and O–H groups in total. The SMILES string of the molecule is CCOC(=O)C1(NC(=O)C2=CC=CC(=CC(C)C)C2C)Cc2ccccc2C1. The number of fused-ring (bicyclic) bond motifs is 1. The van der Waals surface area contributed by atoms with E-state index in [1.807, 2.05) is 49.4 Å². The highest BCUT2D eigenvalue weighted by molar-refractivity contribution is 5.99. The lowest BCUT2D eigenvalue weighted by Gasteiger charge is -2.30. The number of benzene rings is 1. The average Bonchev–Trinajstić information content (AvgIpc) is 3.02. The third-order valence-corrected chi connectivity index (χ3v) is 5.44. The molecular weight excluding hydrogens is 350 g/mol. The van der Waals surface area contributed by atoms with Crippen molar-refractivity contribution in [2.24, 2.45) is 11.8 Å². The summed E-state index contributed by atoms with van der Waals surface area (Å²) in [7, 11) is 0. The van der Waals surface area contributed by atoms with Crippen LogP contribution in [0.1, 0.15) is 38.8 Å². The third kappa shape index (κ3) is 3.96. The maximum Gasteiger partial charge on any atom is 0.332 e. The zero-order valence-electron chi connectivity index (χ0n) is 17.1. The van der Waals surface area contributed by atoms with Crippen LogP contribution in [0.25, 0.3) is 0 Å². The number of rotatable bonds is 5. The standard InChI is InChI=1S/C24H29NO3/c1-5-28-23(27)24(14-19-9-6-7-10-20(19)15-24)25-22(26)21-12-8-11-18(17(21)4)13-16(2)3/h6-13,16-17H,5,14-15H2,1-4H3,(H,25,26). The zero-order chi connectivity index (χ0) is 20.3. The number of allylic oxidation sites excluding steroid dienone is 5. The molecule has 2 aliphatic carbocycles. The second kappa shape index (κ2) is 8.17. The van der Waals surface area contributed by atoms with Crippen molar-refractivity contribution >= 4 is 11.9 Å². The molecule has 0 spiro atoms. The Hall–Kier alpha value is -2.62. The summed E-state index contributed by atoms with van der Waals surface area (Å²) in [6, 6.07) is 7.94. The van der Waals surface area contributed by atoms with Gasteiger partial charge in [-0.2, -0.15) is 0 Å². The number of ether oxygens (including phenoxy) is 1. The van der Waals surface area contributed by atoms with Crippen LogP contribution >= 0.6 is 0 Å². The van der Waals surface area contributed by atoms with Crippen molar-refractivity contribution in [1.82, 2.24) is 5.32 Å². The molecule has 4 heteroatoms. The van der Waals surface area contributed by atoms with Gasteiger partial charge in [-0.3, -0.25) is 4.79 Å². The van der Waals surface area contributed by atoms with E-state index in [1.54, 1.807) is 6.92 Å². The first-order valence-electron chi connectivity index (χ1n) is 10.0. The minimum atomic E-state index is -1.04. The largest absolute Gasteiger partial charge is 0.464 e. The first kappa shape index (κ1) is 20.1. The number of esters is 1. The van der Waals surface area contributed by atoms with E-state index in [4.69, 9.17) is 4.74 Å². The fraction of sp³-hybridized carbons (Fsp3) is 0.417. The van der Waals surface area contributed by atoms with Crippen LogP contribution in [0.4, 0.5) is 0 Å². The maximum atomic E-state index is 13.2. The summed E-state index contributed by atoms with van der Waals surface area (Å²) in [4.78, 5) is 26.1. The molecule has 148 valence electrons. The predicted molar refractivity (Wildman–Crippen MR) is 111 cm³/mol. The second-order valence-corrected chi connectivity index (χ2v) is 7.99. The van der Waals surface area contributed by atoms with E-state index in [0.717, 1.165) is 16.7 Å². The Kier molecular flexibility index (Phi) is 5.87. The van der Waals surface area contributed by atoms with E-state index in [2.05, 4.69) is 25.2 Å². The Balaban J connectivity index is 1.86. The fourth-order valence-corrected chi connectivity index (χ4v) is 4.05. The van der Waals surface area contributed by atoms with Crippen molar-refractivity contribution in [1.29, 1.82) is 0 Å². The Labute approximate surface area is 167 Å². The summed E-state index contributed by atoms with van der Waals surface area (Å²) < 4.78 is 5.35. The van der Waals surface area contributed by atoms with Gasteiger partial charge in [-0.25, -0.2) is 4.79 Å². The Bertz CT molecular complexity index is 835. The molecule has 1 unspecified atom stereocenters. The van der Waals surface area contributed by atoms with Crippen LogP contribution in [-0.2, 0) is 27.2 Å². The number of amides is 1. The Morgan fingerprint density at radius 3 is 2.46 bits per heavy atom. The number of carbonyl (C=O) groups excluding carboxylic acids is 2. The van der Waals surface area contributed by atoms with E-state index in [-0.39, 0.29) is 24.4 Å². The molecule has 0 heterocycles. The molecule has 3 rings (SSSR count). The van der Waals surface area contributed by atoms with E-state index in [9.17, 15) is 9.59 Å². The van der Waals surface area contributed by atoms with Gasteiger partial charge in [-0.15, -0.1) is 0 Å². The van der Waals surface area contributed by atoms with Gasteiger partial charge in [0.15, 0.2) is 0 Å². The molecule has 0 saturated carbocycles. The topological polar surface area (TPSA) is 55.4 Å². The van der Waals surface area contributed by atoms with Crippen LogP contribution < -0.4 is 5.32 Å². The molecule has 0 fully saturated rings. The molecule has 4 nitrogen and oxygen atoms in total. The normalized spacial score (nSPS) is 21.4. The van der Waals surface area contributed by atoms with Gasteiger partial charge in [0, 0.05) is 24.3 Å². The minimum absolute atomic E-state index is 0.0181. The Morgan fingerprint density at radius 2 is 1.89 bits per heavy atom. The summed E-state index contributed by atoms with van der Waals surface area (Å²) in [5.74, 6) is -0.181. The van der Waals surface area contributed by atoms with Gasteiger partial charge in [-0.1, -0.05) is 69.3 Å². The Morgan fingerprint density at radius 1 is 1.25 bits per heavy atom. The van der Waals surface area contributed by atoms with Crippen molar-refractivity contribution in [3.05, 3.63) is 70.8 Å². The highest BCUT2D eigenvalue weighted by Crippen LogP contribution is 2.33. The fourth-order valence-electron chi connectivity index (χ4n) is 4.05. The van der Waals surface area contributed by atoms with Gasteiger partial charge in [0.1, 0.15) is 5.54 Å². The molecule has 0 radical (unpaired) electrons. The van der Waals surface area contributed by atoms with Crippen LogP contribution in [0.5, 0.6) is 0 Å². The highest BCUT2D eigenvalue weighted by atomic mass is 16.5. The molecule has 0 aromatic heterocycles. The first-order valence-corrected chi connectivity index (χ1v) is 10.0. The lowest BCUT2D eigenvalue weighted by molar-refractivity contribution is -0.152. The molecule has 0 bridgehead atoms. The van der Waals surface area contributed by atoms with Crippen molar-refractivity contribution < 1.29 is 14.3 Å². The molecule has 0 aliphatic heterocycles. The van der Waals surface area contributed by atoms with Gasteiger partial charge in [-0.05, 0) is 29.5 Å². The number of hydrogen-bond donors (Lipinski definition) is 1. The van der Waals surface area contributed by atoms with Crippen LogP contribution in [0.15, 0.2) is 59.7 Å². The van der Waals surface area contributed by atoms with E-state index in [0.29, 0.717) is 24.3 Å². The molecule has 1 aromatic carbocycles. The van der Waals surface area contributed by atoms with E-state index >= 15 is 0 Å². The van der Waals surface area contributed by atoms with Crippen molar-refractivity contribution in [3.8, 4) is 0 Å². The molecule has 0 saturated heterocycles. The lowest BCUT2D eigenvalue weighted by atomic mass is 9.85. The zero-order valence-corrected chi connectivity index (χ0v) is 17.1. The van der Waals surface area contributed by atoms with Crippen molar-refractivity contribution in [2.45, 2.75) is 46.1 Å². The van der Waals surface area contributed by atoms with Crippen molar-refractivity contribution in [3.63, 3.8) is 0 Å². The highest BCUT2D eigenvalue weighted by Gasteiger charge is 2.47. The quantitative estimate of drug-likeness (QED) is 0.789. The summed E-state index contributed by atoms with van der Waals surface area (Å²) in [6.45, 7) is 8.35. The van der Waals surface area contributed by atoms with Gasteiger partial charge in [0.2, 0.25) is 5.91 Å². The molecule has 2 aliphatic rings. The van der Waals surface area contributed by atoms with E-state index < -0.39 is 5.54 Å². The van der Waals surface area contributed by atoms with Gasteiger partial charge >= 0.3 is 5.97 Å². The molecule has 1 aromatic rings. The lowest BCUT2D eigenvalue weighted by Crippen LogP contribution is -2.57. The molecular formula is C24H29NO3. The van der Waals surface area contributed by atoms with E-state index in [1.165, 1.54) is 0 Å². The van der Waals surface area contributed by atoms with Gasteiger partial charge < -0.3 is 10.1 Å². The van der Waals surface area contributed by atoms with Crippen LogP contribution in [-0.4, -0.2) is 24.0 Å². The smallest absolute Gasteiger partial charge is 0.332 e. The first-order chi connectivity index (χ1) is 13.4. The minimum Gasteiger partial charge on any atom is -0.464 e. The second-order valence-electron chi connectivity index (χ2n) is 7.99. The molecule has 1 atom stereocenters. The van der Waals surface area contributed by atoms with Crippen LogP contribution in [0, 0.1) is 11.8 Å². The third-order valence-electron chi connectivity index (χ3n) is 5.44. The van der Waals surface area contributed by atoms with Crippen LogP contribution in [0.2, 0.25) is 0 Å². The average molecular weight is 380 g/mol. The number of nitrogens with one attached hydrogen (secondary N) is 1. The molecule has 28 heavy (non-hydrogen) atoms. The number of hydrogen-bond acceptors (Lipinski definition) is 3. The molecule has 1 amide bonds. The predicted octanol–water partition coefficient (Wildman–Crippen LogP) is 3.92. The van der Waals surface area contributed by atoms with Crippen LogP contribution in [0.3, 0.4) is 0 Å². The monoisotopic (exact) mass is 379 g/mol. The van der Waals surface area contributed by atoms with Gasteiger partial charge in [0.05, 0.1) is 6.61 Å². The maximum absolute atomic E-state index is 13.2. The summed E-state index contributed by atoms with van der Waals surface area (Å²) in [6.07, 6.45) is 8.89. The number of carbonyl (C=O) groups is 2. The summed E-state index contributed by atoms with van der Waals surface area (Å²) in [5.41, 5.74) is 2.93. The summed E-state index contributed by atoms with van der Waals surface area (Å²) >= 11 is 0.